The first kappa shape index (κ1) is 19.9. The van der Waals surface area contributed by atoms with E-state index in [2.05, 4.69) is 26.8 Å². The molecule has 0 amide bonds. The normalized spacial score (nSPS) is 14.5. The molecular weight excluding hydrogens is 328 g/mol. The van der Waals surface area contributed by atoms with Crippen molar-refractivity contribution in [3.8, 4) is 11.6 Å². The Morgan fingerprint density at radius 1 is 1.04 bits per heavy atom. The van der Waals surface area contributed by atoms with Crippen LogP contribution in [0.4, 0.5) is 5.82 Å². The molecule has 1 saturated heterocycles. The fourth-order valence-corrected chi connectivity index (χ4v) is 2.99. The molecule has 1 aliphatic heterocycles. The fourth-order valence-electron chi connectivity index (χ4n) is 2.99. The topological polar surface area (TPSA) is 60.4 Å². The molecule has 0 unspecified atom stereocenters. The lowest BCUT2D eigenvalue weighted by molar-refractivity contribution is 0.169. The third-order valence-corrected chi connectivity index (χ3v) is 4.44. The number of nitrogens with zero attached hydrogens (tertiary/aromatic N) is 4. The van der Waals surface area contributed by atoms with E-state index in [0.29, 0.717) is 5.88 Å². The van der Waals surface area contributed by atoms with Gasteiger partial charge in [-0.15, -0.1) is 0 Å². The first-order valence-electron chi connectivity index (χ1n) is 9.30. The molecule has 6 heteroatoms. The Hall–Kier alpha value is -2.37. The Bertz CT molecular complexity index is 696. The molecule has 0 bridgehead atoms. The molecule has 6 nitrogen and oxygen atoms in total. The van der Waals surface area contributed by atoms with Crippen LogP contribution in [-0.2, 0) is 0 Å². The van der Waals surface area contributed by atoms with E-state index in [0.717, 1.165) is 49.0 Å². The number of aryl methyl sites for hydroxylation is 2. The number of rotatable bonds is 4. The third-order valence-electron chi connectivity index (χ3n) is 4.44. The molecule has 2 aromatic rings. The van der Waals surface area contributed by atoms with Gasteiger partial charge in [-0.05, 0) is 26.8 Å². The SMILES string of the molecule is CC.COc1ccc(OC2CCN(c3nc(C)nc(C)c3C)CC2)cn1. The molecule has 0 aromatic carbocycles. The van der Waals surface area contributed by atoms with Gasteiger partial charge in [-0.1, -0.05) is 13.8 Å². The van der Waals surface area contributed by atoms with Crippen LogP contribution in [0.15, 0.2) is 18.3 Å². The van der Waals surface area contributed by atoms with Gasteiger partial charge in [0.05, 0.1) is 13.3 Å². The molecule has 142 valence electrons. The Morgan fingerprint density at radius 2 is 1.73 bits per heavy atom. The molecule has 0 N–H and O–H groups in total. The highest BCUT2D eigenvalue weighted by Crippen LogP contribution is 2.25. The van der Waals surface area contributed by atoms with E-state index in [-0.39, 0.29) is 6.10 Å². The number of hydrogen-bond acceptors (Lipinski definition) is 6. The van der Waals surface area contributed by atoms with E-state index < -0.39 is 0 Å². The third kappa shape index (κ3) is 4.84. The summed E-state index contributed by atoms with van der Waals surface area (Å²) in [6.07, 6.45) is 3.86. The van der Waals surface area contributed by atoms with Crippen molar-refractivity contribution in [1.29, 1.82) is 0 Å². The number of pyridine rings is 1. The van der Waals surface area contributed by atoms with Crippen LogP contribution < -0.4 is 14.4 Å². The van der Waals surface area contributed by atoms with Gasteiger partial charge < -0.3 is 14.4 Å². The van der Waals surface area contributed by atoms with E-state index >= 15 is 0 Å². The number of methoxy groups -OCH3 is 1. The van der Waals surface area contributed by atoms with Crippen molar-refractivity contribution >= 4 is 5.82 Å². The summed E-state index contributed by atoms with van der Waals surface area (Å²) in [6, 6.07) is 3.72. The molecule has 26 heavy (non-hydrogen) atoms. The number of aromatic nitrogens is 3. The van der Waals surface area contributed by atoms with Crippen molar-refractivity contribution in [3.05, 3.63) is 35.4 Å². The van der Waals surface area contributed by atoms with Crippen LogP contribution in [0.25, 0.3) is 0 Å². The van der Waals surface area contributed by atoms with Gasteiger partial charge in [0.2, 0.25) is 5.88 Å². The second kappa shape index (κ2) is 9.36. The van der Waals surface area contributed by atoms with Gasteiger partial charge in [0.25, 0.3) is 0 Å². The number of hydrogen-bond donors (Lipinski definition) is 0. The van der Waals surface area contributed by atoms with E-state index in [4.69, 9.17) is 9.47 Å². The van der Waals surface area contributed by atoms with Gasteiger partial charge in [-0.25, -0.2) is 15.0 Å². The highest BCUT2D eigenvalue weighted by Gasteiger charge is 2.23. The average Bonchev–Trinajstić information content (AvgIpc) is 2.67. The lowest BCUT2D eigenvalue weighted by Crippen LogP contribution is -2.39. The fraction of sp³-hybridized carbons (Fsp3) is 0.550. The predicted molar refractivity (Wildman–Crippen MR) is 104 cm³/mol. The lowest BCUT2D eigenvalue weighted by Gasteiger charge is -2.34. The number of piperidine rings is 1. The average molecular weight is 358 g/mol. The minimum atomic E-state index is 0.209. The van der Waals surface area contributed by atoms with Gasteiger partial charge in [0.15, 0.2) is 0 Å². The maximum atomic E-state index is 6.04. The first-order valence-corrected chi connectivity index (χ1v) is 9.30. The Kier molecular flexibility index (Phi) is 7.18. The number of anilines is 1. The molecule has 3 rings (SSSR count). The lowest BCUT2D eigenvalue weighted by atomic mass is 10.1. The van der Waals surface area contributed by atoms with E-state index in [1.165, 1.54) is 5.56 Å². The van der Waals surface area contributed by atoms with Crippen molar-refractivity contribution in [2.45, 2.75) is 53.6 Å². The molecule has 3 heterocycles. The van der Waals surface area contributed by atoms with Gasteiger partial charge >= 0.3 is 0 Å². The van der Waals surface area contributed by atoms with Crippen LogP contribution in [0.1, 0.15) is 43.8 Å². The summed E-state index contributed by atoms with van der Waals surface area (Å²) in [6.45, 7) is 12.0. The predicted octanol–water partition coefficient (Wildman–Crippen LogP) is 3.88. The van der Waals surface area contributed by atoms with Crippen molar-refractivity contribution in [2.24, 2.45) is 0 Å². The van der Waals surface area contributed by atoms with E-state index in [1.54, 1.807) is 13.3 Å². The monoisotopic (exact) mass is 358 g/mol. The molecule has 2 aromatic heterocycles. The zero-order valence-electron chi connectivity index (χ0n) is 16.7. The van der Waals surface area contributed by atoms with Crippen molar-refractivity contribution in [3.63, 3.8) is 0 Å². The van der Waals surface area contributed by atoms with Crippen LogP contribution in [0.3, 0.4) is 0 Å². The molecule has 1 aliphatic rings. The van der Waals surface area contributed by atoms with Crippen molar-refractivity contribution in [1.82, 2.24) is 15.0 Å². The van der Waals surface area contributed by atoms with E-state index in [9.17, 15) is 0 Å². The van der Waals surface area contributed by atoms with Gasteiger partial charge in [-0.3, -0.25) is 0 Å². The van der Waals surface area contributed by atoms with Crippen molar-refractivity contribution < 1.29 is 9.47 Å². The van der Waals surface area contributed by atoms with Gasteiger partial charge in [0.1, 0.15) is 23.5 Å². The summed E-state index contributed by atoms with van der Waals surface area (Å²) in [5, 5.41) is 0. The molecular formula is C20H30N4O2. The second-order valence-electron chi connectivity index (χ2n) is 6.15. The van der Waals surface area contributed by atoms with Crippen LogP contribution in [0, 0.1) is 20.8 Å². The summed E-state index contributed by atoms with van der Waals surface area (Å²) < 4.78 is 11.1. The summed E-state index contributed by atoms with van der Waals surface area (Å²) in [5.41, 5.74) is 2.22. The van der Waals surface area contributed by atoms with Crippen LogP contribution in [-0.4, -0.2) is 41.3 Å². The van der Waals surface area contributed by atoms with Gasteiger partial charge in [0, 0.05) is 43.3 Å². The minimum absolute atomic E-state index is 0.209. The Labute approximate surface area is 156 Å². The highest BCUT2D eigenvalue weighted by atomic mass is 16.5. The van der Waals surface area contributed by atoms with Gasteiger partial charge in [-0.2, -0.15) is 0 Å². The zero-order chi connectivity index (χ0) is 19.1. The molecule has 1 fully saturated rings. The molecule has 0 radical (unpaired) electrons. The molecule has 0 aliphatic carbocycles. The largest absolute Gasteiger partial charge is 0.489 e. The number of ether oxygens (including phenoxy) is 2. The maximum absolute atomic E-state index is 6.04. The van der Waals surface area contributed by atoms with Crippen LogP contribution in [0.2, 0.25) is 0 Å². The summed E-state index contributed by atoms with van der Waals surface area (Å²) in [7, 11) is 1.61. The standard InChI is InChI=1S/C18H24N4O2.C2H6/c1-12-13(2)20-14(3)21-18(12)22-9-7-15(8-10-22)24-16-5-6-17(23-4)19-11-16;1-2/h5-6,11,15H,7-10H2,1-4H3;1-2H3. The zero-order valence-corrected chi connectivity index (χ0v) is 16.7. The summed E-state index contributed by atoms with van der Waals surface area (Å²) in [4.78, 5) is 15.6. The first-order chi connectivity index (χ1) is 12.6. The highest BCUT2D eigenvalue weighted by molar-refractivity contribution is 5.48. The Morgan fingerprint density at radius 3 is 2.31 bits per heavy atom. The van der Waals surface area contributed by atoms with Crippen molar-refractivity contribution in [2.75, 3.05) is 25.1 Å². The maximum Gasteiger partial charge on any atom is 0.213 e. The summed E-state index contributed by atoms with van der Waals surface area (Å²) >= 11 is 0. The van der Waals surface area contributed by atoms with E-state index in [1.807, 2.05) is 39.8 Å². The minimum Gasteiger partial charge on any atom is -0.489 e. The smallest absolute Gasteiger partial charge is 0.213 e. The Balaban J connectivity index is 0.00000117. The second-order valence-corrected chi connectivity index (χ2v) is 6.15. The summed E-state index contributed by atoms with van der Waals surface area (Å²) in [5.74, 6) is 3.28. The molecule has 0 spiro atoms. The molecule has 0 atom stereocenters. The molecule has 0 saturated carbocycles. The quantitative estimate of drug-likeness (QED) is 0.827. The van der Waals surface area contributed by atoms with Crippen LogP contribution >= 0.6 is 0 Å². The van der Waals surface area contributed by atoms with Crippen LogP contribution in [0.5, 0.6) is 11.6 Å².